The smallest absolute Gasteiger partial charge is 0.124 e. The van der Waals surface area contributed by atoms with E-state index in [1.165, 1.54) is 17.5 Å². The molecular weight excluding hydrogens is 210 g/mol. The predicted octanol–water partition coefficient (Wildman–Crippen LogP) is 3.63. The van der Waals surface area contributed by atoms with E-state index in [9.17, 15) is 0 Å². The van der Waals surface area contributed by atoms with Crippen molar-refractivity contribution >= 4 is 0 Å². The van der Waals surface area contributed by atoms with Gasteiger partial charge in [0.15, 0.2) is 0 Å². The molecule has 0 radical (unpaired) electrons. The Hall–Kier alpha value is -1.02. The Morgan fingerprint density at radius 1 is 1.41 bits per heavy atom. The van der Waals surface area contributed by atoms with E-state index in [0.29, 0.717) is 12.0 Å². The first-order valence-electron chi connectivity index (χ1n) is 6.72. The maximum Gasteiger partial charge on any atom is 0.124 e. The van der Waals surface area contributed by atoms with E-state index in [1.807, 2.05) is 0 Å². The van der Waals surface area contributed by atoms with Gasteiger partial charge in [-0.1, -0.05) is 32.9 Å². The lowest BCUT2D eigenvalue weighted by atomic mass is 9.94. The van der Waals surface area contributed by atoms with Crippen LogP contribution < -0.4 is 10.1 Å². The lowest BCUT2D eigenvalue weighted by Crippen LogP contribution is -2.27. The molecule has 0 fully saturated rings. The second-order valence-electron chi connectivity index (χ2n) is 5.10. The number of fused-ring (bicyclic) bond motifs is 1. The number of hydrogen-bond acceptors (Lipinski definition) is 2. The molecule has 2 heteroatoms. The Kier molecular flexibility index (Phi) is 4.06. The van der Waals surface area contributed by atoms with Crippen molar-refractivity contribution in [3.05, 3.63) is 29.3 Å². The van der Waals surface area contributed by atoms with Crippen LogP contribution in [0.5, 0.6) is 5.75 Å². The van der Waals surface area contributed by atoms with Gasteiger partial charge in [-0.2, -0.15) is 0 Å². The zero-order valence-electron chi connectivity index (χ0n) is 11.1. The van der Waals surface area contributed by atoms with E-state index in [-0.39, 0.29) is 0 Å². The molecule has 1 aromatic carbocycles. The first kappa shape index (κ1) is 12.4. The van der Waals surface area contributed by atoms with Gasteiger partial charge in [0.2, 0.25) is 0 Å². The minimum Gasteiger partial charge on any atom is -0.493 e. The summed E-state index contributed by atoms with van der Waals surface area (Å²) in [7, 11) is 0. The van der Waals surface area contributed by atoms with Crippen molar-refractivity contribution in [2.75, 3.05) is 13.2 Å². The third kappa shape index (κ3) is 2.81. The average Bonchev–Trinajstić information content (AvgIpc) is 2.35. The zero-order valence-corrected chi connectivity index (χ0v) is 11.1. The molecule has 0 aliphatic carbocycles. The van der Waals surface area contributed by atoms with Gasteiger partial charge in [-0.25, -0.2) is 0 Å². The normalized spacial score (nSPS) is 18.9. The number of ether oxygens (including phenoxy) is 1. The van der Waals surface area contributed by atoms with Crippen LogP contribution in [0.1, 0.15) is 56.7 Å². The van der Waals surface area contributed by atoms with Crippen LogP contribution in [0.25, 0.3) is 0 Å². The highest BCUT2D eigenvalue weighted by Crippen LogP contribution is 2.34. The molecule has 1 aliphatic heterocycles. The highest BCUT2D eigenvalue weighted by atomic mass is 16.5. The highest BCUT2D eigenvalue weighted by Gasteiger charge is 2.21. The fourth-order valence-corrected chi connectivity index (χ4v) is 2.30. The molecule has 2 rings (SSSR count). The maximum absolute atomic E-state index is 5.73. The van der Waals surface area contributed by atoms with Crippen molar-refractivity contribution in [3.8, 4) is 5.75 Å². The van der Waals surface area contributed by atoms with Gasteiger partial charge in [-0.15, -0.1) is 0 Å². The molecule has 94 valence electrons. The number of hydrogen-bond donors (Lipinski definition) is 1. The van der Waals surface area contributed by atoms with Crippen molar-refractivity contribution in [3.63, 3.8) is 0 Å². The van der Waals surface area contributed by atoms with Crippen molar-refractivity contribution in [2.24, 2.45) is 0 Å². The fourth-order valence-electron chi connectivity index (χ4n) is 2.30. The molecular formula is C15H23NO. The highest BCUT2D eigenvalue weighted by molar-refractivity contribution is 5.41. The maximum atomic E-state index is 5.73. The minimum absolute atomic E-state index is 0.470. The standard InChI is InChI=1S/C15H23NO/c1-4-8-16-14-7-9-17-15-6-5-12(11(2)3)10-13(14)15/h5-6,10-11,14,16H,4,7-9H2,1-3H3. The van der Waals surface area contributed by atoms with Crippen molar-refractivity contribution in [1.29, 1.82) is 0 Å². The molecule has 0 bridgehead atoms. The van der Waals surface area contributed by atoms with Crippen LogP contribution >= 0.6 is 0 Å². The molecule has 1 heterocycles. The lowest BCUT2D eigenvalue weighted by Gasteiger charge is -2.27. The van der Waals surface area contributed by atoms with Crippen LogP contribution in [0.2, 0.25) is 0 Å². The Labute approximate surface area is 104 Å². The largest absolute Gasteiger partial charge is 0.493 e. The van der Waals surface area contributed by atoms with Gasteiger partial charge in [0, 0.05) is 18.0 Å². The summed E-state index contributed by atoms with van der Waals surface area (Å²) in [5.41, 5.74) is 2.74. The Balaban J connectivity index is 2.24. The van der Waals surface area contributed by atoms with Gasteiger partial charge in [-0.3, -0.25) is 0 Å². The number of benzene rings is 1. The molecule has 0 saturated carbocycles. The Morgan fingerprint density at radius 2 is 2.24 bits per heavy atom. The van der Waals surface area contributed by atoms with Gasteiger partial charge >= 0.3 is 0 Å². The summed E-state index contributed by atoms with van der Waals surface area (Å²) in [4.78, 5) is 0. The van der Waals surface area contributed by atoms with Crippen LogP contribution in [0.15, 0.2) is 18.2 Å². The molecule has 1 N–H and O–H groups in total. The van der Waals surface area contributed by atoms with Crippen molar-refractivity contribution in [1.82, 2.24) is 5.32 Å². The summed E-state index contributed by atoms with van der Waals surface area (Å²) < 4.78 is 5.73. The predicted molar refractivity (Wildman–Crippen MR) is 71.7 cm³/mol. The van der Waals surface area contributed by atoms with Gasteiger partial charge in [-0.05, 0) is 30.5 Å². The Morgan fingerprint density at radius 3 is 2.94 bits per heavy atom. The first-order chi connectivity index (χ1) is 8.22. The summed E-state index contributed by atoms with van der Waals surface area (Å²) in [6, 6.07) is 7.10. The van der Waals surface area contributed by atoms with Crippen LogP contribution in [-0.4, -0.2) is 13.2 Å². The fraction of sp³-hybridized carbons (Fsp3) is 0.600. The topological polar surface area (TPSA) is 21.3 Å². The van der Waals surface area contributed by atoms with E-state index in [0.717, 1.165) is 25.3 Å². The number of rotatable bonds is 4. The first-order valence-corrected chi connectivity index (χ1v) is 6.72. The summed E-state index contributed by atoms with van der Waals surface area (Å²) in [5.74, 6) is 1.64. The molecule has 2 nitrogen and oxygen atoms in total. The van der Waals surface area contributed by atoms with Crippen LogP contribution in [0.4, 0.5) is 0 Å². The molecule has 1 aliphatic rings. The van der Waals surface area contributed by atoms with E-state index in [1.54, 1.807) is 0 Å². The summed E-state index contributed by atoms with van der Waals surface area (Å²) >= 11 is 0. The average molecular weight is 233 g/mol. The van der Waals surface area contributed by atoms with Gasteiger partial charge < -0.3 is 10.1 Å². The van der Waals surface area contributed by atoms with E-state index < -0.39 is 0 Å². The Bertz CT molecular complexity index is 373. The molecule has 0 spiro atoms. The molecule has 1 aromatic rings. The molecule has 0 aromatic heterocycles. The molecule has 17 heavy (non-hydrogen) atoms. The van der Waals surface area contributed by atoms with Gasteiger partial charge in [0.05, 0.1) is 6.61 Å². The molecule has 1 atom stereocenters. The van der Waals surface area contributed by atoms with Crippen LogP contribution in [0.3, 0.4) is 0 Å². The summed E-state index contributed by atoms with van der Waals surface area (Å²) in [6.45, 7) is 8.59. The zero-order chi connectivity index (χ0) is 12.3. The van der Waals surface area contributed by atoms with Crippen LogP contribution in [-0.2, 0) is 0 Å². The van der Waals surface area contributed by atoms with Crippen molar-refractivity contribution in [2.45, 2.75) is 45.6 Å². The quantitative estimate of drug-likeness (QED) is 0.857. The van der Waals surface area contributed by atoms with Crippen molar-refractivity contribution < 1.29 is 4.74 Å². The summed E-state index contributed by atoms with van der Waals surface area (Å²) in [6.07, 6.45) is 2.26. The summed E-state index contributed by atoms with van der Waals surface area (Å²) in [5, 5.41) is 3.61. The molecule has 1 unspecified atom stereocenters. The van der Waals surface area contributed by atoms with Gasteiger partial charge in [0.1, 0.15) is 5.75 Å². The van der Waals surface area contributed by atoms with E-state index in [4.69, 9.17) is 4.74 Å². The van der Waals surface area contributed by atoms with Crippen LogP contribution in [0, 0.1) is 0 Å². The molecule has 0 amide bonds. The molecule has 0 saturated heterocycles. The van der Waals surface area contributed by atoms with E-state index in [2.05, 4.69) is 44.3 Å². The third-order valence-electron chi connectivity index (χ3n) is 3.38. The van der Waals surface area contributed by atoms with E-state index >= 15 is 0 Å². The SMILES string of the molecule is CCCNC1CCOc2ccc(C(C)C)cc21. The minimum atomic E-state index is 0.470. The van der Waals surface area contributed by atoms with Gasteiger partial charge in [0.25, 0.3) is 0 Å². The third-order valence-corrected chi connectivity index (χ3v) is 3.38. The monoisotopic (exact) mass is 233 g/mol. The second kappa shape index (κ2) is 5.54. The lowest BCUT2D eigenvalue weighted by molar-refractivity contribution is 0.253. The second-order valence-corrected chi connectivity index (χ2v) is 5.10. The number of nitrogens with one attached hydrogen (secondary N) is 1.